The van der Waals surface area contributed by atoms with E-state index < -0.39 is 0 Å². The highest BCUT2D eigenvalue weighted by molar-refractivity contribution is 5.95. The summed E-state index contributed by atoms with van der Waals surface area (Å²) in [5, 5.41) is 7.13. The van der Waals surface area contributed by atoms with Gasteiger partial charge in [-0.05, 0) is 49.9 Å². The zero-order chi connectivity index (χ0) is 28.2. The van der Waals surface area contributed by atoms with Gasteiger partial charge in [0.25, 0.3) is 5.91 Å². The molecule has 10 nitrogen and oxygen atoms in total. The Hall–Kier alpha value is -3.79. The number of hydrogen-bond donors (Lipinski definition) is 1. The van der Waals surface area contributed by atoms with E-state index in [0.717, 1.165) is 57.4 Å². The number of fused-ring (bicyclic) bond motifs is 5. The summed E-state index contributed by atoms with van der Waals surface area (Å²) in [7, 11) is 3.05. The summed E-state index contributed by atoms with van der Waals surface area (Å²) >= 11 is 0. The van der Waals surface area contributed by atoms with Crippen LogP contribution in [0.2, 0.25) is 0 Å². The number of carbonyl (C=O) groups is 2. The Bertz CT molecular complexity index is 1140. The van der Waals surface area contributed by atoms with Crippen molar-refractivity contribution in [3.8, 4) is 17.2 Å². The summed E-state index contributed by atoms with van der Waals surface area (Å²) in [6.07, 6.45) is 5.06. The van der Waals surface area contributed by atoms with Crippen molar-refractivity contribution in [2.24, 2.45) is 5.16 Å². The van der Waals surface area contributed by atoms with Crippen LogP contribution in [0, 0.1) is 0 Å². The van der Waals surface area contributed by atoms with Gasteiger partial charge in [-0.1, -0.05) is 35.5 Å². The van der Waals surface area contributed by atoms with E-state index in [1.807, 2.05) is 35.2 Å². The van der Waals surface area contributed by atoms with Crippen LogP contribution in [-0.4, -0.2) is 94.0 Å². The minimum Gasteiger partial charge on any atom is -0.493 e. The van der Waals surface area contributed by atoms with E-state index in [1.54, 1.807) is 18.3 Å². The fourth-order valence-electron chi connectivity index (χ4n) is 4.94. The van der Waals surface area contributed by atoms with Gasteiger partial charge in [0.1, 0.15) is 6.10 Å². The third-order valence-corrected chi connectivity index (χ3v) is 7.18. The lowest BCUT2D eigenvalue weighted by atomic mass is 10.1. The molecule has 0 aromatic heterocycles. The Morgan fingerprint density at radius 2 is 1.82 bits per heavy atom. The molecular formula is C30H40N4O6. The smallest absolute Gasteiger partial charge is 0.251 e. The molecule has 40 heavy (non-hydrogen) atoms. The van der Waals surface area contributed by atoms with Crippen molar-refractivity contribution < 1.29 is 28.6 Å². The number of rotatable bonds is 5. The van der Waals surface area contributed by atoms with E-state index >= 15 is 0 Å². The predicted octanol–water partition coefficient (Wildman–Crippen LogP) is 3.34. The van der Waals surface area contributed by atoms with Gasteiger partial charge in [-0.25, -0.2) is 0 Å². The SMILES string of the molecule is COc1cc2cc(c1OC)OCCCC(O/N=C/c1ccccc1)CCN1CCCN(CC1)C(=O)CCNC2=O. The molecule has 0 aliphatic carbocycles. The van der Waals surface area contributed by atoms with Crippen LogP contribution < -0.4 is 19.5 Å². The minimum absolute atomic E-state index is 0.0489. The quantitative estimate of drug-likeness (QED) is 0.449. The third-order valence-electron chi connectivity index (χ3n) is 7.18. The van der Waals surface area contributed by atoms with Crippen LogP contribution in [-0.2, 0) is 9.63 Å². The second-order valence-electron chi connectivity index (χ2n) is 9.94. The summed E-state index contributed by atoms with van der Waals surface area (Å²) in [4.78, 5) is 36.1. The maximum atomic E-state index is 12.9. The Labute approximate surface area is 236 Å². The lowest BCUT2D eigenvalue weighted by Crippen LogP contribution is -2.37. The molecule has 4 bridgehead atoms. The monoisotopic (exact) mass is 552 g/mol. The maximum Gasteiger partial charge on any atom is 0.251 e. The molecular weight excluding hydrogens is 512 g/mol. The number of benzene rings is 2. The van der Waals surface area contributed by atoms with Crippen LogP contribution in [0.5, 0.6) is 17.2 Å². The molecule has 2 aliphatic heterocycles. The summed E-state index contributed by atoms with van der Waals surface area (Å²) in [6.45, 7) is 4.66. The van der Waals surface area contributed by atoms with E-state index in [1.165, 1.54) is 14.2 Å². The number of oxime groups is 1. The summed E-state index contributed by atoms with van der Waals surface area (Å²) < 4.78 is 17.1. The van der Waals surface area contributed by atoms with Crippen molar-refractivity contribution >= 4 is 18.0 Å². The number of amides is 2. The van der Waals surface area contributed by atoms with Gasteiger partial charge < -0.3 is 34.2 Å². The second kappa shape index (κ2) is 15.1. The van der Waals surface area contributed by atoms with Crippen molar-refractivity contribution in [2.45, 2.75) is 38.2 Å². The second-order valence-corrected chi connectivity index (χ2v) is 9.94. The number of carbonyl (C=O) groups excluding carboxylic acids is 2. The predicted molar refractivity (Wildman–Crippen MR) is 152 cm³/mol. The molecule has 1 fully saturated rings. The molecule has 1 N–H and O–H groups in total. The number of hydrogen-bond acceptors (Lipinski definition) is 8. The van der Waals surface area contributed by atoms with Gasteiger partial charge in [0, 0.05) is 44.7 Å². The topological polar surface area (TPSA) is 102 Å². The third kappa shape index (κ3) is 8.35. The van der Waals surface area contributed by atoms with Gasteiger partial charge in [0.05, 0.1) is 27.0 Å². The van der Waals surface area contributed by atoms with E-state index in [4.69, 9.17) is 19.0 Å². The molecule has 1 saturated heterocycles. The molecule has 2 atom stereocenters. The molecule has 2 aliphatic rings. The summed E-state index contributed by atoms with van der Waals surface area (Å²) in [5.41, 5.74) is 1.35. The van der Waals surface area contributed by atoms with Crippen molar-refractivity contribution in [3.63, 3.8) is 0 Å². The molecule has 4 rings (SSSR count). The first-order valence-corrected chi connectivity index (χ1v) is 14.0. The fourth-order valence-corrected chi connectivity index (χ4v) is 4.94. The number of ether oxygens (including phenoxy) is 3. The zero-order valence-electron chi connectivity index (χ0n) is 23.5. The van der Waals surface area contributed by atoms with E-state index in [0.29, 0.717) is 36.0 Å². The highest BCUT2D eigenvalue weighted by Gasteiger charge is 2.22. The van der Waals surface area contributed by atoms with Crippen molar-refractivity contribution in [1.29, 1.82) is 0 Å². The average molecular weight is 553 g/mol. The molecule has 2 aromatic rings. The van der Waals surface area contributed by atoms with Crippen LogP contribution in [0.1, 0.15) is 48.0 Å². The largest absolute Gasteiger partial charge is 0.493 e. The molecule has 2 heterocycles. The first kappa shape index (κ1) is 29.2. The Morgan fingerprint density at radius 1 is 0.975 bits per heavy atom. The summed E-state index contributed by atoms with van der Waals surface area (Å²) in [6, 6.07) is 13.1. The molecule has 2 unspecified atom stereocenters. The van der Waals surface area contributed by atoms with Crippen LogP contribution in [0.4, 0.5) is 0 Å². The summed E-state index contributed by atoms with van der Waals surface area (Å²) in [5.74, 6) is 0.995. The Kier molecular flexibility index (Phi) is 11.0. The Morgan fingerprint density at radius 3 is 2.62 bits per heavy atom. The molecule has 0 radical (unpaired) electrons. The van der Waals surface area contributed by atoms with Crippen molar-refractivity contribution in [2.75, 3.05) is 60.1 Å². The normalized spacial score (nSPS) is 21.4. The molecule has 0 saturated carbocycles. The number of nitrogens with one attached hydrogen (secondary N) is 1. The Balaban J connectivity index is 1.50. The van der Waals surface area contributed by atoms with Gasteiger partial charge in [0.15, 0.2) is 11.5 Å². The highest BCUT2D eigenvalue weighted by Crippen LogP contribution is 2.38. The van der Waals surface area contributed by atoms with Crippen LogP contribution >= 0.6 is 0 Å². The maximum absolute atomic E-state index is 12.9. The molecule has 2 aromatic carbocycles. The van der Waals surface area contributed by atoms with Gasteiger partial charge in [-0.3, -0.25) is 9.59 Å². The van der Waals surface area contributed by atoms with Crippen LogP contribution in [0.15, 0.2) is 47.6 Å². The number of methoxy groups -OCH3 is 2. The highest BCUT2D eigenvalue weighted by atomic mass is 16.6. The number of nitrogens with zero attached hydrogens (tertiary/aromatic N) is 3. The lowest BCUT2D eigenvalue weighted by molar-refractivity contribution is -0.130. The van der Waals surface area contributed by atoms with Gasteiger partial charge in [-0.15, -0.1) is 0 Å². The van der Waals surface area contributed by atoms with Gasteiger partial charge in [0.2, 0.25) is 11.7 Å². The van der Waals surface area contributed by atoms with E-state index in [2.05, 4.69) is 15.4 Å². The fraction of sp³-hybridized carbons (Fsp3) is 0.500. The van der Waals surface area contributed by atoms with E-state index in [9.17, 15) is 9.59 Å². The minimum atomic E-state index is -0.302. The molecule has 0 spiro atoms. The molecule has 10 heteroatoms. The first-order chi connectivity index (χ1) is 19.6. The van der Waals surface area contributed by atoms with E-state index in [-0.39, 0.29) is 30.9 Å². The van der Waals surface area contributed by atoms with Crippen LogP contribution in [0.25, 0.3) is 0 Å². The standard InChI is InChI=1S/C30H40N4O6/c1-37-26-20-24-21-27(29(26)38-2)39-19-6-10-25(40-32-22-23-8-4-3-5-9-23)12-16-33-14-7-15-34(18-17-33)28(35)11-13-31-30(24)36/h3-5,8-9,20-22,25H,6-7,10-19H2,1-2H3,(H,31,36)/b32-22+. The van der Waals surface area contributed by atoms with Crippen molar-refractivity contribution in [3.05, 3.63) is 53.6 Å². The first-order valence-electron chi connectivity index (χ1n) is 14.0. The molecule has 2 amide bonds. The molecule has 216 valence electrons. The van der Waals surface area contributed by atoms with Gasteiger partial charge in [-0.2, -0.15) is 0 Å². The van der Waals surface area contributed by atoms with Crippen molar-refractivity contribution in [1.82, 2.24) is 15.1 Å². The zero-order valence-corrected chi connectivity index (χ0v) is 23.5. The lowest BCUT2D eigenvalue weighted by Gasteiger charge is -2.23. The van der Waals surface area contributed by atoms with Gasteiger partial charge >= 0.3 is 0 Å². The van der Waals surface area contributed by atoms with Crippen LogP contribution in [0.3, 0.4) is 0 Å². The average Bonchev–Trinajstić information content (AvgIpc) is 3.23.